The van der Waals surface area contributed by atoms with E-state index in [0.29, 0.717) is 6.04 Å². The van der Waals surface area contributed by atoms with E-state index in [1.54, 1.807) is 0 Å². The third-order valence-electron chi connectivity index (χ3n) is 4.26. The second-order valence-electron chi connectivity index (χ2n) is 5.64. The van der Waals surface area contributed by atoms with Crippen LogP contribution in [-0.2, 0) is 6.54 Å². The molecule has 1 unspecified atom stereocenters. The van der Waals surface area contributed by atoms with E-state index in [9.17, 15) is 0 Å². The smallest absolute Gasteiger partial charge is 0.121 e. The SMILES string of the molecule is CCN1CCCC(NCc2nc3ccccc3[nH]2)CC1. The summed E-state index contributed by atoms with van der Waals surface area (Å²) in [7, 11) is 0. The van der Waals surface area contributed by atoms with Gasteiger partial charge < -0.3 is 15.2 Å². The highest BCUT2D eigenvalue weighted by Crippen LogP contribution is 2.13. The summed E-state index contributed by atoms with van der Waals surface area (Å²) in [5, 5.41) is 3.66. The molecule has 0 spiro atoms. The summed E-state index contributed by atoms with van der Waals surface area (Å²) in [5.41, 5.74) is 2.18. The molecule has 1 fully saturated rings. The first-order valence-electron chi connectivity index (χ1n) is 7.74. The third-order valence-corrected chi connectivity index (χ3v) is 4.26. The predicted octanol–water partition coefficient (Wildman–Crippen LogP) is 2.53. The zero-order valence-corrected chi connectivity index (χ0v) is 12.2. The minimum absolute atomic E-state index is 0.625. The number of fused-ring (bicyclic) bond motifs is 1. The average Bonchev–Trinajstić information content (AvgIpc) is 2.75. The highest BCUT2D eigenvalue weighted by atomic mass is 15.1. The van der Waals surface area contributed by atoms with Gasteiger partial charge in [0.25, 0.3) is 0 Å². The Morgan fingerprint density at radius 2 is 2.20 bits per heavy atom. The average molecular weight is 272 g/mol. The van der Waals surface area contributed by atoms with Gasteiger partial charge in [-0.3, -0.25) is 0 Å². The molecule has 2 heterocycles. The Balaban J connectivity index is 1.56. The molecule has 2 N–H and O–H groups in total. The van der Waals surface area contributed by atoms with Gasteiger partial charge in [0.05, 0.1) is 17.6 Å². The maximum absolute atomic E-state index is 4.62. The van der Waals surface area contributed by atoms with Crippen LogP contribution in [0.25, 0.3) is 11.0 Å². The van der Waals surface area contributed by atoms with Gasteiger partial charge in [0, 0.05) is 6.04 Å². The van der Waals surface area contributed by atoms with Crippen molar-refractivity contribution in [2.75, 3.05) is 19.6 Å². The van der Waals surface area contributed by atoms with Gasteiger partial charge in [-0.25, -0.2) is 4.98 Å². The molecule has 0 radical (unpaired) electrons. The Morgan fingerprint density at radius 1 is 1.30 bits per heavy atom. The van der Waals surface area contributed by atoms with Gasteiger partial charge in [-0.05, 0) is 51.0 Å². The standard InChI is InChI=1S/C16H24N4/c1-2-20-10-5-6-13(9-11-20)17-12-16-18-14-7-3-4-8-15(14)19-16/h3-4,7-8,13,17H,2,5-6,9-12H2,1H3,(H,18,19). The molecule has 3 rings (SSSR count). The number of imidazole rings is 1. The molecule has 108 valence electrons. The number of aromatic nitrogens is 2. The van der Waals surface area contributed by atoms with E-state index in [0.717, 1.165) is 23.4 Å². The van der Waals surface area contributed by atoms with Crippen molar-refractivity contribution in [3.8, 4) is 0 Å². The van der Waals surface area contributed by atoms with Crippen LogP contribution < -0.4 is 5.32 Å². The number of hydrogen-bond acceptors (Lipinski definition) is 3. The first-order valence-corrected chi connectivity index (χ1v) is 7.74. The summed E-state index contributed by atoms with van der Waals surface area (Å²) in [5.74, 6) is 1.04. The molecule has 0 bridgehead atoms. The molecule has 0 aliphatic carbocycles. The molecular weight excluding hydrogens is 248 g/mol. The lowest BCUT2D eigenvalue weighted by atomic mass is 10.1. The fraction of sp³-hybridized carbons (Fsp3) is 0.562. The number of aromatic amines is 1. The summed E-state index contributed by atoms with van der Waals surface area (Å²) < 4.78 is 0. The van der Waals surface area contributed by atoms with Crippen molar-refractivity contribution < 1.29 is 0 Å². The molecule has 2 aromatic rings. The highest BCUT2D eigenvalue weighted by molar-refractivity contribution is 5.74. The molecule has 1 aromatic heterocycles. The molecule has 0 amide bonds. The van der Waals surface area contributed by atoms with Crippen LogP contribution in [0.4, 0.5) is 0 Å². The number of benzene rings is 1. The molecule has 0 saturated carbocycles. The first kappa shape index (κ1) is 13.6. The van der Waals surface area contributed by atoms with Crippen LogP contribution >= 0.6 is 0 Å². The van der Waals surface area contributed by atoms with Gasteiger partial charge in [-0.15, -0.1) is 0 Å². The number of hydrogen-bond donors (Lipinski definition) is 2. The van der Waals surface area contributed by atoms with Gasteiger partial charge >= 0.3 is 0 Å². The van der Waals surface area contributed by atoms with Crippen molar-refractivity contribution in [2.45, 2.75) is 38.8 Å². The lowest BCUT2D eigenvalue weighted by molar-refractivity contribution is 0.297. The zero-order valence-electron chi connectivity index (χ0n) is 12.2. The van der Waals surface area contributed by atoms with Gasteiger partial charge in [0.1, 0.15) is 5.82 Å². The van der Waals surface area contributed by atoms with Crippen molar-refractivity contribution in [2.24, 2.45) is 0 Å². The van der Waals surface area contributed by atoms with Gasteiger partial charge in [0.2, 0.25) is 0 Å². The maximum Gasteiger partial charge on any atom is 0.121 e. The van der Waals surface area contributed by atoms with Crippen LogP contribution in [0.15, 0.2) is 24.3 Å². The predicted molar refractivity (Wildman–Crippen MR) is 82.7 cm³/mol. The Hall–Kier alpha value is -1.39. The van der Waals surface area contributed by atoms with Crippen LogP contribution in [-0.4, -0.2) is 40.5 Å². The monoisotopic (exact) mass is 272 g/mol. The van der Waals surface area contributed by atoms with E-state index >= 15 is 0 Å². The Labute approximate surface area is 120 Å². The van der Waals surface area contributed by atoms with Gasteiger partial charge in [0.15, 0.2) is 0 Å². The van der Waals surface area contributed by atoms with Crippen LogP contribution in [0, 0.1) is 0 Å². The lowest BCUT2D eigenvalue weighted by Crippen LogP contribution is -2.30. The van der Waals surface area contributed by atoms with Gasteiger partial charge in [-0.2, -0.15) is 0 Å². The normalized spacial score (nSPS) is 21.1. The van der Waals surface area contributed by atoms with Crippen molar-refractivity contribution in [1.82, 2.24) is 20.2 Å². The Morgan fingerprint density at radius 3 is 3.05 bits per heavy atom. The van der Waals surface area contributed by atoms with Gasteiger partial charge in [-0.1, -0.05) is 19.1 Å². The molecule has 1 atom stereocenters. The fourth-order valence-corrected chi connectivity index (χ4v) is 3.01. The van der Waals surface area contributed by atoms with E-state index in [1.807, 2.05) is 12.1 Å². The van der Waals surface area contributed by atoms with Crippen LogP contribution in [0.3, 0.4) is 0 Å². The molecule has 1 aliphatic rings. The second-order valence-corrected chi connectivity index (χ2v) is 5.64. The van der Waals surface area contributed by atoms with E-state index in [4.69, 9.17) is 0 Å². The van der Waals surface area contributed by atoms with Crippen LogP contribution in [0.5, 0.6) is 0 Å². The van der Waals surface area contributed by atoms with Crippen molar-refractivity contribution in [3.63, 3.8) is 0 Å². The number of nitrogens with one attached hydrogen (secondary N) is 2. The third kappa shape index (κ3) is 3.19. The van der Waals surface area contributed by atoms with Crippen LogP contribution in [0.1, 0.15) is 32.0 Å². The Bertz CT molecular complexity index is 515. The number of H-pyrrole nitrogens is 1. The van der Waals surface area contributed by atoms with E-state index in [-0.39, 0.29) is 0 Å². The molecule has 20 heavy (non-hydrogen) atoms. The summed E-state index contributed by atoms with van der Waals surface area (Å²) in [6.07, 6.45) is 3.82. The highest BCUT2D eigenvalue weighted by Gasteiger charge is 2.15. The van der Waals surface area contributed by atoms with E-state index in [2.05, 4.69) is 39.2 Å². The Kier molecular flexibility index (Phi) is 4.33. The number of para-hydroxylation sites is 2. The van der Waals surface area contributed by atoms with Crippen molar-refractivity contribution >= 4 is 11.0 Å². The molecular formula is C16H24N4. The fourth-order valence-electron chi connectivity index (χ4n) is 3.01. The van der Waals surface area contributed by atoms with E-state index < -0.39 is 0 Å². The van der Waals surface area contributed by atoms with Crippen molar-refractivity contribution in [1.29, 1.82) is 0 Å². The minimum Gasteiger partial charge on any atom is -0.341 e. The summed E-state index contributed by atoms with van der Waals surface area (Å²) in [6, 6.07) is 8.84. The maximum atomic E-state index is 4.62. The first-order chi connectivity index (χ1) is 9.85. The largest absolute Gasteiger partial charge is 0.341 e. The molecule has 4 nitrogen and oxygen atoms in total. The number of rotatable bonds is 4. The topological polar surface area (TPSA) is 44.0 Å². The summed E-state index contributed by atoms with van der Waals surface area (Å²) in [4.78, 5) is 10.6. The lowest BCUT2D eigenvalue weighted by Gasteiger charge is -2.18. The molecule has 1 aliphatic heterocycles. The molecule has 4 heteroatoms. The van der Waals surface area contributed by atoms with E-state index in [1.165, 1.54) is 38.9 Å². The number of likely N-dealkylation sites (tertiary alicyclic amines) is 1. The molecule has 1 saturated heterocycles. The minimum atomic E-state index is 0.625. The summed E-state index contributed by atoms with van der Waals surface area (Å²) in [6.45, 7) is 6.73. The van der Waals surface area contributed by atoms with Crippen LogP contribution in [0.2, 0.25) is 0 Å². The quantitative estimate of drug-likeness (QED) is 0.899. The second kappa shape index (κ2) is 6.37. The molecule has 1 aromatic carbocycles. The number of nitrogens with zero attached hydrogens (tertiary/aromatic N) is 2. The van der Waals surface area contributed by atoms with Crippen molar-refractivity contribution in [3.05, 3.63) is 30.1 Å². The summed E-state index contributed by atoms with van der Waals surface area (Å²) >= 11 is 0. The zero-order chi connectivity index (χ0) is 13.8.